The Hall–Kier alpha value is -4.24. The lowest BCUT2D eigenvalue weighted by Gasteiger charge is -2.31. The number of H-pyrrole nitrogens is 1. The van der Waals surface area contributed by atoms with Gasteiger partial charge >= 0.3 is 13.4 Å². The number of methoxy groups -OCH3 is 3. The number of rotatable bonds is 15. The Kier molecular flexibility index (Phi) is 11.4. The van der Waals surface area contributed by atoms with E-state index in [1.54, 1.807) is 23.7 Å². The van der Waals surface area contributed by atoms with Gasteiger partial charge in [0.1, 0.15) is 48.6 Å². The molecule has 2 aliphatic rings. The lowest BCUT2D eigenvalue weighted by atomic mass is 10.1. The molecule has 5 heterocycles. The molecule has 6 rings (SSSR count). The van der Waals surface area contributed by atoms with Crippen molar-refractivity contribution in [3.8, 4) is 11.5 Å². The van der Waals surface area contributed by atoms with Crippen LogP contribution in [0, 0.1) is 0 Å². The zero-order valence-corrected chi connectivity index (χ0v) is 29.7. The van der Waals surface area contributed by atoms with Crippen molar-refractivity contribution in [2.24, 2.45) is 0 Å². The normalized spacial score (nSPS) is 25.9. The third kappa shape index (κ3) is 7.47. The van der Waals surface area contributed by atoms with Gasteiger partial charge in [-0.3, -0.25) is 28.0 Å². The fraction of sp³-hybridized carbons (Fsp3) is 0.516. The number of nitrogens with zero attached hydrogens (tertiary/aromatic N) is 6. The van der Waals surface area contributed by atoms with E-state index in [0.29, 0.717) is 29.1 Å². The molecule has 2 fully saturated rings. The molecule has 3 unspecified atom stereocenters. The Balaban J connectivity index is 1.24. The maximum Gasteiger partial charge on any atom is 0.408 e. The molecule has 3 aromatic heterocycles. The molecule has 0 bridgehead atoms. The summed E-state index contributed by atoms with van der Waals surface area (Å²) in [6, 6.07) is 6.54. The van der Waals surface area contributed by atoms with Crippen LogP contribution in [0.15, 0.2) is 52.7 Å². The van der Waals surface area contributed by atoms with Gasteiger partial charge in [0, 0.05) is 32.3 Å². The van der Waals surface area contributed by atoms with Crippen molar-refractivity contribution in [2.75, 3.05) is 53.9 Å². The van der Waals surface area contributed by atoms with Gasteiger partial charge in [0.15, 0.2) is 29.2 Å². The van der Waals surface area contributed by atoms with Crippen LogP contribution in [0.5, 0.6) is 11.5 Å². The number of aliphatic hydroxyl groups excluding tert-OH is 2. The van der Waals surface area contributed by atoms with Crippen LogP contribution in [-0.2, 0) is 34.2 Å². The molecule has 0 amide bonds. The monoisotopic (exact) mass is 748 g/mol. The number of nitrogen functional groups attached to an aromatic ring is 1. The number of nitrogens with two attached hydrogens (primary N) is 1. The minimum absolute atomic E-state index is 0.114. The number of hydrogen-bond acceptors (Lipinski definition) is 16. The van der Waals surface area contributed by atoms with Crippen LogP contribution < -0.4 is 26.5 Å². The first-order valence-electron chi connectivity index (χ1n) is 16.2. The number of fused-ring (bicyclic) bond motifs is 1. The predicted molar refractivity (Wildman–Crippen MR) is 182 cm³/mol. The smallest absolute Gasteiger partial charge is 0.408 e. The number of imidazole rings is 1. The van der Waals surface area contributed by atoms with E-state index in [2.05, 4.69) is 19.9 Å². The quantitative estimate of drug-likeness (QED) is 0.119. The molecule has 2 saturated heterocycles. The maximum atomic E-state index is 14.9. The van der Waals surface area contributed by atoms with Gasteiger partial charge in [-0.2, -0.15) is 0 Å². The van der Waals surface area contributed by atoms with Gasteiger partial charge in [0.25, 0.3) is 5.56 Å². The Morgan fingerprint density at radius 3 is 2.58 bits per heavy atom. The van der Waals surface area contributed by atoms with Crippen molar-refractivity contribution in [3.63, 3.8) is 0 Å². The molecule has 4 aromatic rings. The van der Waals surface area contributed by atoms with Gasteiger partial charge in [0.05, 0.1) is 33.8 Å². The average molecular weight is 749 g/mol. The number of likely N-dealkylation sites (N-methyl/N-ethyl adjacent to an activating group) is 1. The molecule has 52 heavy (non-hydrogen) atoms. The van der Waals surface area contributed by atoms with E-state index in [0.717, 1.165) is 16.2 Å². The largest absolute Gasteiger partial charge is 0.493 e. The van der Waals surface area contributed by atoms with Crippen LogP contribution in [0.4, 0.5) is 5.82 Å². The van der Waals surface area contributed by atoms with E-state index in [9.17, 15) is 24.4 Å². The zero-order valence-electron chi connectivity index (χ0n) is 28.8. The summed E-state index contributed by atoms with van der Waals surface area (Å²) >= 11 is 0. The third-order valence-electron chi connectivity index (χ3n) is 9.03. The second-order valence-electron chi connectivity index (χ2n) is 12.1. The summed E-state index contributed by atoms with van der Waals surface area (Å²) in [5.74, 6) is 1.25. The molecule has 0 aliphatic carbocycles. The van der Waals surface area contributed by atoms with Crippen molar-refractivity contribution in [2.45, 2.75) is 55.8 Å². The van der Waals surface area contributed by atoms with Gasteiger partial charge in [-0.1, -0.05) is 6.07 Å². The first-order chi connectivity index (χ1) is 25.0. The molecule has 20 nitrogen and oxygen atoms in total. The number of aromatic nitrogens is 6. The molecular formula is C31H41N8O12P. The Morgan fingerprint density at radius 1 is 1.08 bits per heavy atom. The third-order valence-corrected chi connectivity index (χ3v) is 11.1. The molecule has 5 N–H and O–H groups in total. The fourth-order valence-electron chi connectivity index (χ4n) is 6.19. The van der Waals surface area contributed by atoms with E-state index in [4.69, 9.17) is 38.5 Å². The average Bonchev–Trinajstić information content (AvgIpc) is 3.84. The van der Waals surface area contributed by atoms with E-state index < -0.39 is 75.2 Å². The summed E-state index contributed by atoms with van der Waals surface area (Å²) in [6.45, 7) is -0.771. The van der Waals surface area contributed by atoms with E-state index in [-0.39, 0.29) is 18.8 Å². The molecular weight excluding hydrogens is 707 g/mol. The second-order valence-corrected chi connectivity index (χ2v) is 14.2. The highest BCUT2D eigenvalue weighted by Gasteiger charge is 2.48. The Labute approximate surface area is 296 Å². The lowest BCUT2D eigenvalue weighted by Crippen LogP contribution is -2.39. The van der Waals surface area contributed by atoms with Crippen LogP contribution >= 0.6 is 7.75 Å². The van der Waals surface area contributed by atoms with Crippen LogP contribution in [0.1, 0.15) is 24.4 Å². The Bertz CT molecular complexity index is 2030. The minimum Gasteiger partial charge on any atom is -0.493 e. The predicted octanol–water partition coefficient (Wildman–Crippen LogP) is 0.213. The van der Waals surface area contributed by atoms with Crippen LogP contribution in [0.3, 0.4) is 0 Å². The second kappa shape index (κ2) is 15.8. The van der Waals surface area contributed by atoms with Gasteiger partial charge in [-0.25, -0.2) is 29.0 Å². The number of hydrogen-bond donors (Lipinski definition) is 4. The van der Waals surface area contributed by atoms with E-state index >= 15 is 0 Å². The van der Waals surface area contributed by atoms with Crippen molar-refractivity contribution < 1.29 is 47.5 Å². The van der Waals surface area contributed by atoms with Gasteiger partial charge in [0.2, 0.25) is 0 Å². The van der Waals surface area contributed by atoms with E-state index in [1.807, 2.05) is 6.07 Å². The number of benzene rings is 1. The Morgan fingerprint density at radius 2 is 1.87 bits per heavy atom. The molecule has 2 aliphatic heterocycles. The molecule has 0 spiro atoms. The van der Waals surface area contributed by atoms with Gasteiger partial charge in [-0.05, 0) is 31.2 Å². The summed E-state index contributed by atoms with van der Waals surface area (Å²) < 4.78 is 59.6. The van der Waals surface area contributed by atoms with Crippen molar-refractivity contribution in [1.29, 1.82) is 0 Å². The summed E-state index contributed by atoms with van der Waals surface area (Å²) in [5.41, 5.74) is 6.19. The first kappa shape index (κ1) is 37.5. The number of ether oxygens (including phenoxy) is 5. The number of aromatic amines is 1. The molecule has 1 aromatic carbocycles. The number of nitrogens with one attached hydrogen (secondary N) is 1. The highest BCUT2D eigenvalue weighted by molar-refractivity contribution is 7.51. The van der Waals surface area contributed by atoms with E-state index in [1.165, 1.54) is 44.9 Å². The molecule has 0 radical (unpaired) electrons. The summed E-state index contributed by atoms with van der Waals surface area (Å²) in [5, 5.41) is 21.5. The minimum atomic E-state index is -4.29. The maximum absolute atomic E-state index is 14.9. The SMILES string of the molecule is COc1ccc(CCN(C)P(=O)(OC[C@H]2O[C@@H](n3ccc(=O)[nH]c3=O)[C@@H](OC)C2O)OC2C[C@H](n3cnc4c(N)ncnc43)O[C@@H]2CO)cc1OC. The molecule has 0 saturated carbocycles. The van der Waals surface area contributed by atoms with Crippen molar-refractivity contribution in [1.82, 2.24) is 33.7 Å². The number of anilines is 1. The standard InChI is InChI=1S/C31H41N8O12P/c1-37(9-7-17-5-6-18(45-2)19(11-17)46-3)52(44,48-14-22-26(42)27(47-4)30(50-22)38-10-8-23(41)36-31(38)43)51-20-12-24(49-21(20)13-40)39-16-35-25-28(32)33-15-34-29(25)39/h5-6,8,10-11,15-16,20-22,24,26-27,30,40,42H,7,9,12-14H2,1-4H3,(H2,32,33,34)(H,36,41,43)/t20?,21-,22-,24-,26?,27+,30-,52?/m1/s1. The summed E-state index contributed by atoms with van der Waals surface area (Å²) in [4.78, 5) is 38.9. The molecule has 8 atom stereocenters. The highest BCUT2D eigenvalue weighted by atomic mass is 31.2. The fourth-order valence-corrected chi connectivity index (χ4v) is 7.85. The van der Waals surface area contributed by atoms with Crippen molar-refractivity contribution in [3.05, 3.63) is 69.5 Å². The van der Waals surface area contributed by atoms with Crippen LogP contribution in [-0.4, -0.2) is 123 Å². The molecule has 21 heteroatoms. The number of aliphatic hydroxyl groups is 2. The van der Waals surface area contributed by atoms with Crippen LogP contribution in [0.2, 0.25) is 0 Å². The lowest BCUT2D eigenvalue weighted by molar-refractivity contribution is -0.0646. The van der Waals surface area contributed by atoms with Crippen molar-refractivity contribution >= 4 is 24.7 Å². The summed E-state index contributed by atoms with van der Waals surface area (Å²) in [6.07, 6.45) is -2.79. The summed E-state index contributed by atoms with van der Waals surface area (Å²) in [7, 11) is 1.66. The zero-order chi connectivity index (χ0) is 37.2. The highest BCUT2D eigenvalue weighted by Crippen LogP contribution is 2.55. The van der Waals surface area contributed by atoms with Gasteiger partial charge in [-0.15, -0.1) is 0 Å². The van der Waals surface area contributed by atoms with Crippen LogP contribution in [0.25, 0.3) is 11.2 Å². The first-order valence-corrected chi connectivity index (χ1v) is 17.7. The topological polar surface area (TPSA) is 250 Å². The van der Waals surface area contributed by atoms with Gasteiger partial charge < -0.3 is 39.6 Å². The molecule has 282 valence electrons.